The van der Waals surface area contributed by atoms with E-state index in [-0.39, 0.29) is 0 Å². The standard InChI is InChI=1S/C17H17N3O3/c21-12-15(19-16(22)14-9-5-2-6-10-14)17(23)20-18-11-13-7-3-1-4-8-13/h1-11,15,21H,12H2,(H,19,22)(H,20,23)/b18-11+. The minimum atomic E-state index is -1.07. The second-order valence-electron chi connectivity index (χ2n) is 4.72. The van der Waals surface area contributed by atoms with Crippen LogP contribution in [0.25, 0.3) is 0 Å². The molecule has 0 aliphatic rings. The minimum absolute atomic E-state index is 0.409. The number of nitrogens with zero attached hydrogens (tertiary/aromatic N) is 1. The van der Waals surface area contributed by atoms with E-state index in [0.717, 1.165) is 5.56 Å². The van der Waals surface area contributed by atoms with Crippen LogP contribution >= 0.6 is 0 Å². The maximum Gasteiger partial charge on any atom is 0.265 e. The Balaban J connectivity index is 1.91. The number of amides is 2. The number of nitrogens with one attached hydrogen (secondary N) is 2. The number of rotatable bonds is 6. The fraction of sp³-hybridized carbons (Fsp3) is 0.118. The highest BCUT2D eigenvalue weighted by Crippen LogP contribution is 1.99. The molecule has 118 valence electrons. The van der Waals surface area contributed by atoms with Crippen molar-refractivity contribution >= 4 is 18.0 Å². The lowest BCUT2D eigenvalue weighted by molar-refractivity contribution is -0.123. The van der Waals surface area contributed by atoms with E-state index in [1.165, 1.54) is 6.21 Å². The molecule has 1 unspecified atom stereocenters. The fourth-order valence-corrected chi connectivity index (χ4v) is 1.81. The summed E-state index contributed by atoms with van der Waals surface area (Å²) in [5, 5.41) is 15.5. The molecule has 6 nitrogen and oxygen atoms in total. The first kappa shape index (κ1) is 16.4. The number of hydrogen-bond donors (Lipinski definition) is 3. The minimum Gasteiger partial charge on any atom is -0.394 e. The Morgan fingerprint density at radius 2 is 1.65 bits per heavy atom. The summed E-state index contributed by atoms with van der Waals surface area (Å²) in [6.45, 7) is -0.523. The van der Waals surface area contributed by atoms with Crippen LogP contribution in [0.3, 0.4) is 0 Å². The predicted octanol–water partition coefficient (Wildman–Crippen LogP) is 0.928. The molecule has 0 bridgehead atoms. The highest BCUT2D eigenvalue weighted by atomic mass is 16.3. The Bertz CT molecular complexity index is 672. The molecule has 0 radical (unpaired) electrons. The third-order valence-corrected chi connectivity index (χ3v) is 3.03. The van der Waals surface area contributed by atoms with Crippen LogP contribution in [0.5, 0.6) is 0 Å². The zero-order valence-corrected chi connectivity index (χ0v) is 12.3. The molecule has 2 aromatic rings. The van der Waals surface area contributed by atoms with Gasteiger partial charge in [0.15, 0.2) is 0 Å². The predicted molar refractivity (Wildman–Crippen MR) is 87.0 cm³/mol. The van der Waals surface area contributed by atoms with Crippen molar-refractivity contribution in [1.29, 1.82) is 0 Å². The smallest absolute Gasteiger partial charge is 0.265 e. The maximum atomic E-state index is 12.0. The van der Waals surface area contributed by atoms with Crippen LogP contribution in [0.2, 0.25) is 0 Å². The third kappa shape index (κ3) is 5.05. The average Bonchev–Trinajstić information content (AvgIpc) is 2.61. The number of aliphatic hydroxyl groups excluding tert-OH is 1. The van der Waals surface area contributed by atoms with E-state index in [9.17, 15) is 14.7 Å². The first-order chi connectivity index (χ1) is 11.2. The Morgan fingerprint density at radius 3 is 2.26 bits per heavy atom. The van der Waals surface area contributed by atoms with Crippen molar-refractivity contribution in [3.8, 4) is 0 Å². The topological polar surface area (TPSA) is 90.8 Å². The molecule has 0 aromatic heterocycles. The van der Waals surface area contributed by atoms with Crippen molar-refractivity contribution in [2.24, 2.45) is 5.10 Å². The molecule has 2 rings (SSSR count). The Morgan fingerprint density at radius 1 is 1.04 bits per heavy atom. The summed E-state index contributed by atoms with van der Waals surface area (Å²) >= 11 is 0. The number of carbonyl (C=O) groups is 2. The van der Waals surface area contributed by atoms with Crippen molar-refractivity contribution in [1.82, 2.24) is 10.7 Å². The van der Waals surface area contributed by atoms with Crippen LogP contribution in [0.1, 0.15) is 15.9 Å². The van der Waals surface area contributed by atoms with Gasteiger partial charge < -0.3 is 10.4 Å². The Kier molecular flexibility index (Phi) is 6.02. The van der Waals surface area contributed by atoms with Gasteiger partial charge in [0.2, 0.25) is 0 Å². The van der Waals surface area contributed by atoms with E-state index in [0.29, 0.717) is 5.56 Å². The largest absolute Gasteiger partial charge is 0.394 e. The summed E-state index contributed by atoms with van der Waals surface area (Å²) in [6.07, 6.45) is 1.48. The zero-order chi connectivity index (χ0) is 16.5. The molecule has 0 aliphatic heterocycles. The van der Waals surface area contributed by atoms with Crippen molar-refractivity contribution < 1.29 is 14.7 Å². The van der Waals surface area contributed by atoms with Gasteiger partial charge in [-0.1, -0.05) is 48.5 Å². The van der Waals surface area contributed by atoms with Crippen LogP contribution in [-0.4, -0.2) is 35.8 Å². The van der Waals surface area contributed by atoms with E-state index in [2.05, 4.69) is 15.8 Å². The first-order valence-corrected chi connectivity index (χ1v) is 7.05. The number of hydrazone groups is 1. The normalized spacial score (nSPS) is 11.9. The molecule has 0 saturated heterocycles. The van der Waals surface area contributed by atoms with Gasteiger partial charge in [-0.2, -0.15) is 5.10 Å². The van der Waals surface area contributed by atoms with E-state index >= 15 is 0 Å². The second kappa shape index (κ2) is 8.45. The van der Waals surface area contributed by atoms with Crippen LogP contribution < -0.4 is 10.7 Å². The second-order valence-corrected chi connectivity index (χ2v) is 4.72. The van der Waals surface area contributed by atoms with Gasteiger partial charge in [0, 0.05) is 5.56 Å². The molecule has 0 heterocycles. The van der Waals surface area contributed by atoms with Crippen LogP contribution in [-0.2, 0) is 4.79 Å². The molecule has 2 aromatic carbocycles. The molecule has 1 atom stereocenters. The monoisotopic (exact) mass is 311 g/mol. The van der Waals surface area contributed by atoms with Gasteiger partial charge in [0.25, 0.3) is 11.8 Å². The number of hydrogen-bond acceptors (Lipinski definition) is 4. The van der Waals surface area contributed by atoms with Crippen LogP contribution in [0.15, 0.2) is 65.8 Å². The van der Waals surface area contributed by atoms with Gasteiger partial charge in [-0.05, 0) is 17.7 Å². The molecule has 0 spiro atoms. The summed E-state index contributed by atoms with van der Waals surface area (Å²) < 4.78 is 0. The molecule has 3 N–H and O–H groups in total. The summed E-state index contributed by atoms with van der Waals surface area (Å²) in [7, 11) is 0. The quantitative estimate of drug-likeness (QED) is 0.547. The zero-order valence-electron chi connectivity index (χ0n) is 12.3. The first-order valence-electron chi connectivity index (χ1n) is 7.05. The van der Waals surface area contributed by atoms with Crippen LogP contribution in [0.4, 0.5) is 0 Å². The van der Waals surface area contributed by atoms with Gasteiger partial charge in [0.1, 0.15) is 6.04 Å². The van der Waals surface area contributed by atoms with Gasteiger partial charge in [-0.25, -0.2) is 5.43 Å². The lowest BCUT2D eigenvalue weighted by Gasteiger charge is -2.14. The number of benzene rings is 2. The average molecular weight is 311 g/mol. The lowest BCUT2D eigenvalue weighted by Crippen LogP contribution is -2.47. The summed E-state index contributed by atoms with van der Waals surface area (Å²) in [5.41, 5.74) is 3.52. The molecule has 0 aliphatic carbocycles. The molecule has 0 saturated carbocycles. The molecular formula is C17H17N3O3. The lowest BCUT2D eigenvalue weighted by atomic mass is 10.2. The van der Waals surface area contributed by atoms with Crippen molar-refractivity contribution in [3.63, 3.8) is 0 Å². The van der Waals surface area contributed by atoms with Gasteiger partial charge >= 0.3 is 0 Å². The fourth-order valence-electron chi connectivity index (χ4n) is 1.81. The number of aliphatic hydroxyl groups is 1. The van der Waals surface area contributed by atoms with Crippen molar-refractivity contribution in [3.05, 3.63) is 71.8 Å². The van der Waals surface area contributed by atoms with Gasteiger partial charge in [-0.15, -0.1) is 0 Å². The molecule has 23 heavy (non-hydrogen) atoms. The summed E-state index contributed by atoms with van der Waals surface area (Å²) in [6, 6.07) is 16.6. The van der Waals surface area contributed by atoms with E-state index in [1.54, 1.807) is 30.3 Å². The van der Waals surface area contributed by atoms with E-state index in [1.807, 2.05) is 30.3 Å². The summed E-state index contributed by atoms with van der Waals surface area (Å²) in [4.78, 5) is 23.9. The molecular weight excluding hydrogens is 294 g/mol. The maximum absolute atomic E-state index is 12.0. The SMILES string of the molecule is O=C(NC(CO)C(=O)N/N=C/c1ccccc1)c1ccccc1. The molecule has 6 heteroatoms. The Labute approximate surface area is 133 Å². The van der Waals surface area contributed by atoms with E-state index in [4.69, 9.17) is 0 Å². The molecule has 2 amide bonds. The highest BCUT2D eigenvalue weighted by molar-refractivity contribution is 5.97. The number of carbonyl (C=O) groups excluding carboxylic acids is 2. The molecule has 0 fully saturated rings. The highest BCUT2D eigenvalue weighted by Gasteiger charge is 2.20. The Hall–Kier alpha value is -2.99. The van der Waals surface area contributed by atoms with Gasteiger partial charge in [0.05, 0.1) is 12.8 Å². The van der Waals surface area contributed by atoms with Gasteiger partial charge in [-0.3, -0.25) is 9.59 Å². The van der Waals surface area contributed by atoms with Crippen molar-refractivity contribution in [2.45, 2.75) is 6.04 Å². The van der Waals surface area contributed by atoms with E-state index < -0.39 is 24.5 Å². The van der Waals surface area contributed by atoms with Crippen LogP contribution in [0, 0.1) is 0 Å². The van der Waals surface area contributed by atoms with Crippen molar-refractivity contribution in [2.75, 3.05) is 6.61 Å². The third-order valence-electron chi connectivity index (χ3n) is 3.03. The summed E-state index contributed by atoms with van der Waals surface area (Å²) in [5.74, 6) is -1.03.